The van der Waals surface area contributed by atoms with Crippen molar-refractivity contribution in [2.24, 2.45) is 0 Å². The highest BCUT2D eigenvalue weighted by Crippen LogP contribution is 2.42. The fourth-order valence-electron chi connectivity index (χ4n) is 2.78. The zero-order valence-corrected chi connectivity index (χ0v) is 14.6. The molecule has 0 atom stereocenters. The second kappa shape index (κ2) is 6.53. The van der Waals surface area contributed by atoms with E-state index in [-0.39, 0.29) is 11.4 Å². The van der Waals surface area contributed by atoms with Gasteiger partial charge in [0.15, 0.2) is 0 Å². The summed E-state index contributed by atoms with van der Waals surface area (Å²) < 4.78 is 5.83. The number of hydrogen-bond acceptors (Lipinski definition) is 6. The lowest BCUT2D eigenvalue weighted by Gasteiger charge is -2.06. The van der Waals surface area contributed by atoms with Crippen LogP contribution in [0.1, 0.15) is 5.56 Å². The highest BCUT2D eigenvalue weighted by atomic mass is 32.1. The normalized spacial score (nSPS) is 10.8. The van der Waals surface area contributed by atoms with Gasteiger partial charge < -0.3 is 4.74 Å². The summed E-state index contributed by atoms with van der Waals surface area (Å²) in [6.45, 7) is 1.98. The number of nitrogens with zero attached hydrogens (tertiary/aromatic N) is 3. The fourth-order valence-corrected chi connectivity index (χ4v) is 3.92. The van der Waals surface area contributed by atoms with Gasteiger partial charge in [-0.25, -0.2) is 9.97 Å². The van der Waals surface area contributed by atoms with Crippen LogP contribution in [-0.2, 0) is 0 Å². The van der Waals surface area contributed by atoms with Crippen LogP contribution >= 0.6 is 11.3 Å². The number of para-hydroxylation sites is 2. The number of fused-ring (bicyclic) bond motifs is 1. The Balaban J connectivity index is 1.85. The molecule has 0 radical (unpaired) electrons. The van der Waals surface area contributed by atoms with Gasteiger partial charge in [0.2, 0.25) is 11.6 Å². The molecule has 0 fully saturated rings. The van der Waals surface area contributed by atoms with Crippen LogP contribution in [0.25, 0.3) is 20.7 Å². The van der Waals surface area contributed by atoms with Crippen LogP contribution in [0, 0.1) is 17.0 Å². The molecule has 0 aliphatic heterocycles. The maximum atomic E-state index is 11.2. The largest absolute Gasteiger partial charge is 0.431 e. The highest BCUT2D eigenvalue weighted by Gasteiger charge is 2.20. The molecule has 0 aliphatic rings. The van der Waals surface area contributed by atoms with Crippen LogP contribution in [0.15, 0.2) is 60.9 Å². The van der Waals surface area contributed by atoms with Crippen molar-refractivity contribution < 1.29 is 9.66 Å². The Morgan fingerprint density at radius 1 is 1.04 bits per heavy atom. The summed E-state index contributed by atoms with van der Waals surface area (Å²) in [6, 6.07) is 16.3. The number of thiophene rings is 1. The Kier molecular flexibility index (Phi) is 4.06. The summed E-state index contributed by atoms with van der Waals surface area (Å²) in [7, 11) is 0. The number of rotatable bonds is 4. The SMILES string of the molecule is Cc1c(-c2ccccc2)sc2ncnc(Oc3ccccc3[N+](=O)[O-])c12. The second-order valence-electron chi connectivity index (χ2n) is 5.61. The van der Waals surface area contributed by atoms with E-state index in [1.165, 1.54) is 12.4 Å². The van der Waals surface area contributed by atoms with E-state index in [4.69, 9.17) is 4.74 Å². The van der Waals surface area contributed by atoms with Crippen LogP contribution < -0.4 is 4.74 Å². The van der Waals surface area contributed by atoms with Crippen molar-refractivity contribution in [3.8, 4) is 22.1 Å². The summed E-state index contributed by atoms with van der Waals surface area (Å²) in [5.74, 6) is 0.476. The molecular formula is C19H13N3O3S. The minimum Gasteiger partial charge on any atom is -0.431 e. The van der Waals surface area contributed by atoms with Crippen LogP contribution in [0.2, 0.25) is 0 Å². The average Bonchev–Trinajstić information content (AvgIpc) is 3.00. The molecule has 4 aromatic rings. The van der Waals surface area contributed by atoms with Gasteiger partial charge in [-0.15, -0.1) is 11.3 Å². The van der Waals surface area contributed by atoms with Gasteiger partial charge in [-0.2, -0.15) is 0 Å². The third-order valence-corrected chi connectivity index (χ3v) is 5.25. The number of aryl methyl sites for hydroxylation is 1. The predicted octanol–water partition coefficient (Wildman–Crippen LogP) is 5.37. The van der Waals surface area contributed by atoms with Gasteiger partial charge in [0.25, 0.3) is 0 Å². The lowest BCUT2D eigenvalue weighted by Crippen LogP contribution is -1.95. The number of nitro benzene ring substituents is 1. The first-order chi connectivity index (χ1) is 12.6. The number of hydrogen-bond donors (Lipinski definition) is 0. The van der Waals surface area contributed by atoms with Crippen molar-refractivity contribution in [2.75, 3.05) is 0 Å². The molecule has 0 aliphatic carbocycles. The first-order valence-electron chi connectivity index (χ1n) is 7.86. The molecule has 0 saturated heterocycles. The van der Waals surface area contributed by atoms with Crippen LogP contribution in [0.4, 0.5) is 5.69 Å². The molecule has 4 rings (SSSR count). The third-order valence-electron chi connectivity index (χ3n) is 4.00. The van der Waals surface area contributed by atoms with E-state index in [1.54, 1.807) is 29.5 Å². The molecule has 2 aromatic heterocycles. The quantitative estimate of drug-likeness (QED) is 0.360. The Morgan fingerprint density at radius 2 is 1.77 bits per heavy atom. The summed E-state index contributed by atoms with van der Waals surface area (Å²) in [4.78, 5) is 21.2. The molecule has 0 amide bonds. The van der Waals surface area contributed by atoms with Gasteiger partial charge in [-0.05, 0) is 24.1 Å². The van der Waals surface area contributed by atoms with Crippen LogP contribution in [0.3, 0.4) is 0 Å². The Hall–Kier alpha value is -3.32. The van der Waals surface area contributed by atoms with Crippen molar-refractivity contribution in [3.05, 3.63) is 76.6 Å². The van der Waals surface area contributed by atoms with Crippen molar-refractivity contribution in [2.45, 2.75) is 6.92 Å². The lowest BCUT2D eigenvalue weighted by molar-refractivity contribution is -0.385. The maximum Gasteiger partial charge on any atom is 0.311 e. The topological polar surface area (TPSA) is 78.2 Å². The predicted molar refractivity (Wildman–Crippen MR) is 101 cm³/mol. The maximum absolute atomic E-state index is 11.2. The van der Waals surface area contributed by atoms with Crippen LogP contribution in [0.5, 0.6) is 11.6 Å². The first-order valence-corrected chi connectivity index (χ1v) is 8.67. The van der Waals surface area contributed by atoms with E-state index in [0.29, 0.717) is 5.88 Å². The minimum absolute atomic E-state index is 0.101. The number of ether oxygens (including phenoxy) is 1. The van der Waals surface area contributed by atoms with Crippen LogP contribution in [-0.4, -0.2) is 14.9 Å². The molecule has 0 N–H and O–H groups in total. The smallest absolute Gasteiger partial charge is 0.311 e. The van der Waals surface area contributed by atoms with Crippen molar-refractivity contribution in [1.29, 1.82) is 0 Å². The summed E-state index contributed by atoms with van der Waals surface area (Å²) >= 11 is 1.55. The molecule has 2 aromatic carbocycles. The number of aromatic nitrogens is 2. The van der Waals surface area contributed by atoms with Crippen molar-refractivity contribution in [3.63, 3.8) is 0 Å². The Bertz CT molecular complexity index is 1110. The van der Waals surface area contributed by atoms with Gasteiger partial charge >= 0.3 is 5.69 Å². The van der Waals surface area contributed by atoms with E-state index >= 15 is 0 Å². The highest BCUT2D eigenvalue weighted by molar-refractivity contribution is 7.22. The third kappa shape index (κ3) is 2.78. The monoisotopic (exact) mass is 363 g/mol. The zero-order valence-electron chi connectivity index (χ0n) is 13.7. The van der Waals surface area contributed by atoms with Gasteiger partial charge in [-0.1, -0.05) is 42.5 Å². The summed E-state index contributed by atoms with van der Waals surface area (Å²) in [5.41, 5.74) is 1.98. The van der Waals surface area contributed by atoms with Crippen molar-refractivity contribution in [1.82, 2.24) is 9.97 Å². The first kappa shape index (κ1) is 16.2. The van der Waals surface area contributed by atoms with E-state index < -0.39 is 4.92 Å². The lowest BCUT2D eigenvalue weighted by atomic mass is 10.1. The fraction of sp³-hybridized carbons (Fsp3) is 0.0526. The molecule has 0 spiro atoms. The van der Waals surface area contributed by atoms with E-state index in [1.807, 2.05) is 37.3 Å². The van der Waals surface area contributed by atoms with Gasteiger partial charge in [0.1, 0.15) is 11.2 Å². The van der Waals surface area contributed by atoms with Gasteiger partial charge in [0.05, 0.1) is 10.3 Å². The zero-order chi connectivity index (χ0) is 18.1. The standard InChI is InChI=1S/C19H13N3O3S/c1-12-16-18(25-15-10-6-5-9-14(15)22(23)24)20-11-21-19(16)26-17(12)13-7-3-2-4-8-13/h2-11H,1H3. The van der Waals surface area contributed by atoms with E-state index in [9.17, 15) is 10.1 Å². The number of nitro groups is 1. The average molecular weight is 363 g/mol. The molecule has 0 saturated carbocycles. The molecule has 6 nitrogen and oxygen atoms in total. The van der Waals surface area contributed by atoms with E-state index in [0.717, 1.165) is 26.2 Å². The molecule has 0 bridgehead atoms. The molecule has 7 heteroatoms. The molecule has 0 unspecified atom stereocenters. The molecular weight excluding hydrogens is 350 g/mol. The number of benzene rings is 2. The molecule has 2 heterocycles. The van der Waals surface area contributed by atoms with E-state index in [2.05, 4.69) is 9.97 Å². The summed E-state index contributed by atoms with van der Waals surface area (Å²) in [5, 5.41) is 12.0. The van der Waals surface area contributed by atoms with Gasteiger partial charge in [-0.3, -0.25) is 10.1 Å². The Labute approximate surface area is 152 Å². The molecule has 26 heavy (non-hydrogen) atoms. The summed E-state index contributed by atoms with van der Waals surface area (Å²) in [6.07, 6.45) is 1.41. The second-order valence-corrected chi connectivity index (χ2v) is 6.61. The van der Waals surface area contributed by atoms with Crippen molar-refractivity contribution >= 4 is 27.2 Å². The molecule has 128 valence electrons. The minimum atomic E-state index is -0.469. The Morgan fingerprint density at radius 3 is 2.54 bits per heavy atom. The van der Waals surface area contributed by atoms with Gasteiger partial charge in [0, 0.05) is 10.9 Å².